The molecular weight excluding hydrogens is 188 g/mol. The SMILES string of the molecule is CCCCOc1n[nH]c(S)cc1=O. The summed E-state index contributed by atoms with van der Waals surface area (Å²) in [5.74, 6) is 0.117. The highest BCUT2D eigenvalue weighted by Gasteiger charge is 2.01. The Bertz CT molecular complexity index is 324. The molecule has 1 aromatic rings. The monoisotopic (exact) mass is 200 g/mol. The summed E-state index contributed by atoms with van der Waals surface area (Å²) in [6.45, 7) is 2.58. The summed E-state index contributed by atoms with van der Waals surface area (Å²) in [6, 6.07) is 1.34. The van der Waals surface area contributed by atoms with Crippen molar-refractivity contribution in [2.75, 3.05) is 6.61 Å². The minimum atomic E-state index is -0.236. The summed E-state index contributed by atoms with van der Waals surface area (Å²) < 4.78 is 5.14. The number of nitrogens with one attached hydrogen (secondary N) is 1. The summed E-state index contributed by atoms with van der Waals surface area (Å²) in [5, 5.41) is 6.71. The first-order chi connectivity index (χ1) is 6.24. The second-order valence-electron chi connectivity index (χ2n) is 2.62. The Labute approximate surface area is 81.7 Å². The molecule has 0 aliphatic carbocycles. The number of H-pyrrole nitrogens is 1. The first-order valence-electron chi connectivity index (χ1n) is 4.15. The maximum atomic E-state index is 11.2. The fraction of sp³-hybridized carbons (Fsp3) is 0.500. The maximum absolute atomic E-state index is 11.2. The molecular formula is C8H12N2O2S. The Hall–Kier alpha value is -0.970. The number of unbranched alkanes of at least 4 members (excludes halogenated alkanes) is 1. The third-order valence-corrected chi connectivity index (χ3v) is 1.72. The topological polar surface area (TPSA) is 55.0 Å². The lowest BCUT2D eigenvalue weighted by Gasteiger charge is -2.02. The van der Waals surface area contributed by atoms with Crippen LogP contribution in [-0.2, 0) is 0 Å². The van der Waals surface area contributed by atoms with Crippen LogP contribution >= 0.6 is 12.6 Å². The normalized spacial score (nSPS) is 10.0. The van der Waals surface area contributed by atoms with Gasteiger partial charge in [0.15, 0.2) is 0 Å². The highest BCUT2D eigenvalue weighted by Crippen LogP contribution is 2.00. The lowest BCUT2D eigenvalue weighted by molar-refractivity contribution is 0.290. The average molecular weight is 200 g/mol. The molecule has 0 amide bonds. The zero-order valence-corrected chi connectivity index (χ0v) is 8.30. The zero-order chi connectivity index (χ0) is 9.68. The summed E-state index contributed by atoms with van der Waals surface area (Å²) >= 11 is 3.94. The first kappa shape index (κ1) is 10.1. The van der Waals surface area contributed by atoms with Gasteiger partial charge in [-0.3, -0.25) is 9.89 Å². The van der Waals surface area contributed by atoms with E-state index >= 15 is 0 Å². The van der Waals surface area contributed by atoms with E-state index in [2.05, 4.69) is 29.7 Å². The lowest BCUT2D eigenvalue weighted by Crippen LogP contribution is -2.11. The van der Waals surface area contributed by atoms with Crippen molar-refractivity contribution in [3.8, 4) is 5.88 Å². The third kappa shape index (κ3) is 3.10. The van der Waals surface area contributed by atoms with E-state index in [1.165, 1.54) is 6.07 Å². The van der Waals surface area contributed by atoms with E-state index in [9.17, 15) is 4.79 Å². The van der Waals surface area contributed by atoms with Crippen LogP contribution < -0.4 is 10.2 Å². The standard InChI is InChI=1S/C8H12N2O2S/c1-2-3-4-12-8-6(11)5-7(13)9-10-8/h5H,2-4H2,1H3,(H2,9,11,13). The molecule has 0 aliphatic heterocycles. The van der Waals surface area contributed by atoms with Crippen LogP contribution in [0.2, 0.25) is 0 Å². The molecule has 0 atom stereocenters. The highest BCUT2D eigenvalue weighted by atomic mass is 32.1. The van der Waals surface area contributed by atoms with Crippen LogP contribution in [0.25, 0.3) is 0 Å². The molecule has 0 saturated carbocycles. The maximum Gasteiger partial charge on any atom is 0.279 e. The minimum absolute atomic E-state index is 0.117. The Morgan fingerprint density at radius 3 is 3.08 bits per heavy atom. The van der Waals surface area contributed by atoms with E-state index in [0.29, 0.717) is 11.6 Å². The van der Waals surface area contributed by atoms with Gasteiger partial charge in [-0.25, -0.2) is 0 Å². The van der Waals surface area contributed by atoms with E-state index in [-0.39, 0.29) is 11.3 Å². The van der Waals surface area contributed by atoms with Crippen molar-refractivity contribution in [3.05, 3.63) is 16.3 Å². The Kier molecular flexibility index (Phi) is 3.82. The van der Waals surface area contributed by atoms with Gasteiger partial charge in [0.25, 0.3) is 5.88 Å². The van der Waals surface area contributed by atoms with Crippen LogP contribution in [0.1, 0.15) is 19.8 Å². The summed E-state index contributed by atoms with van der Waals surface area (Å²) in [4.78, 5) is 11.2. The largest absolute Gasteiger partial charge is 0.474 e. The molecule has 0 aliphatic rings. The van der Waals surface area contributed by atoms with Gasteiger partial charge in [-0.2, -0.15) is 0 Å². The number of hydrogen-bond donors (Lipinski definition) is 2. The van der Waals surface area contributed by atoms with E-state index in [4.69, 9.17) is 4.74 Å². The van der Waals surface area contributed by atoms with Gasteiger partial charge in [-0.1, -0.05) is 13.3 Å². The molecule has 13 heavy (non-hydrogen) atoms. The van der Waals surface area contributed by atoms with Crippen molar-refractivity contribution < 1.29 is 4.74 Å². The third-order valence-electron chi connectivity index (χ3n) is 1.49. The summed E-state index contributed by atoms with van der Waals surface area (Å²) in [6.07, 6.45) is 1.95. The molecule has 1 aromatic heterocycles. The number of hydrogen-bond acceptors (Lipinski definition) is 4. The van der Waals surface area contributed by atoms with E-state index < -0.39 is 0 Å². The van der Waals surface area contributed by atoms with Crippen molar-refractivity contribution in [1.82, 2.24) is 10.2 Å². The molecule has 0 fully saturated rings. The number of rotatable bonds is 4. The van der Waals surface area contributed by atoms with Crippen molar-refractivity contribution in [2.24, 2.45) is 0 Å². The molecule has 72 valence electrons. The van der Waals surface area contributed by atoms with Crippen molar-refractivity contribution >= 4 is 12.6 Å². The minimum Gasteiger partial charge on any atom is -0.474 e. The average Bonchev–Trinajstić information content (AvgIpc) is 2.09. The van der Waals surface area contributed by atoms with Crippen molar-refractivity contribution in [1.29, 1.82) is 0 Å². The fourth-order valence-corrected chi connectivity index (χ4v) is 0.965. The molecule has 1 N–H and O–H groups in total. The van der Waals surface area contributed by atoms with Crippen LogP contribution in [0.4, 0.5) is 0 Å². The molecule has 1 heterocycles. The predicted octanol–water partition coefficient (Wildman–Crippen LogP) is 1.24. The molecule has 0 bridgehead atoms. The summed E-state index contributed by atoms with van der Waals surface area (Å²) in [7, 11) is 0. The van der Waals surface area contributed by atoms with Gasteiger partial charge in [0.2, 0.25) is 5.43 Å². The van der Waals surface area contributed by atoms with Gasteiger partial charge < -0.3 is 4.74 Å². The molecule has 0 radical (unpaired) electrons. The second kappa shape index (κ2) is 4.91. The second-order valence-corrected chi connectivity index (χ2v) is 3.11. The van der Waals surface area contributed by atoms with Crippen LogP contribution in [0.15, 0.2) is 15.9 Å². The predicted molar refractivity (Wildman–Crippen MR) is 52.5 cm³/mol. The van der Waals surface area contributed by atoms with Gasteiger partial charge in [-0.15, -0.1) is 17.7 Å². The van der Waals surface area contributed by atoms with E-state index in [1.54, 1.807) is 0 Å². The zero-order valence-electron chi connectivity index (χ0n) is 7.41. The van der Waals surface area contributed by atoms with Crippen LogP contribution in [-0.4, -0.2) is 16.8 Å². The molecule has 0 saturated heterocycles. The molecule has 0 spiro atoms. The Balaban J connectivity index is 2.62. The summed E-state index contributed by atoms with van der Waals surface area (Å²) in [5.41, 5.74) is -0.236. The molecule has 0 aromatic carbocycles. The first-order valence-corrected chi connectivity index (χ1v) is 4.60. The lowest BCUT2D eigenvalue weighted by atomic mass is 10.4. The van der Waals surface area contributed by atoms with E-state index in [0.717, 1.165) is 12.8 Å². The smallest absolute Gasteiger partial charge is 0.279 e. The van der Waals surface area contributed by atoms with Gasteiger partial charge in [-0.05, 0) is 6.42 Å². The number of ether oxygens (including phenoxy) is 1. The fourth-order valence-electron chi connectivity index (χ4n) is 0.798. The van der Waals surface area contributed by atoms with Gasteiger partial charge in [0, 0.05) is 6.07 Å². The number of aromatic nitrogens is 2. The number of aromatic amines is 1. The van der Waals surface area contributed by atoms with Crippen LogP contribution in [0.5, 0.6) is 5.88 Å². The van der Waals surface area contributed by atoms with Crippen LogP contribution in [0, 0.1) is 0 Å². The molecule has 5 heteroatoms. The Morgan fingerprint density at radius 1 is 1.69 bits per heavy atom. The van der Waals surface area contributed by atoms with Gasteiger partial charge in [0.1, 0.15) is 0 Å². The van der Waals surface area contributed by atoms with Crippen LogP contribution in [0.3, 0.4) is 0 Å². The van der Waals surface area contributed by atoms with Crippen molar-refractivity contribution in [2.45, 2.75) is 24.8 Å². The van der Waals surface area contributed by atoms with Gasteiger partial charge >= 0.3 is 0 Å². The molecule has 4 nitrogen and oxygen atoms in total. The quantitative estimate of drug-likeness (QED) is 0.568. The number of nitrogens with zero attached hydrogens (tertiary/aromatic N) is 1. The van der Waals surface area contributed by atoms with E-state index in [1.807, 2.05) is 0 Å². The molecule has 0 unspecified atom stereocenters. The highest BCUT2D eigenvalue weighted by molar-refractivity contribution is 7.80. The molecule has 1 rings (SSSR count). The number of thiol groups is 1. The van der Waals surface area contributed by atoms with Crippen molar-refractivity contribution in [3.63, 3.8) is 0 Å². The van der Waals surface area contributed by atoms with Gasteiger partial charge in [0.05, 0.1) is 11.6 Å². The Morgan fingerprint density at radius 2 is 2.46 bits per heavy atom.